The Labute approximate surface area is 215 Å². The molecular weight excluding hydrogens is 469 g/mol. The molecule has 190 valence electrons. The van der Waals surface area contributed by atoms with Crippen molar-refractivity contribution in [3.05, 3.63) is 82.9 Å². The van der Waals surface area contributed by atoms with Crippen molar-refractivity contribution in [2.45, 2.75) is 52.5 Å². The van der Waals surface area contributed by atoms with Gasteiger partial charge in [-0.1, -0.05) is 19.9 Å². The van der Waals surface area contributed by atoms with Crippen LogP contribution in [0.25, 0.3) is 11.0 Å². The van der Waals surface area contributed by atoms with Crippen LogP contribution in [0.1, 0.15) is 78.0 Å². The number of hydrogen-bond acceptors (Lipinski definition) is 4. The van der Waals surface area contributed by atoms with E-state index in [4.69, 9.17) is 4.98 Å². The van der Waals surface area contributed by atoms with E-state index in [2.05, 4.69) is 24.3 Å². The first-order chi connectivity index (χ1) is 17.7. The van der Waals surface area contributed by atoms with Crippen LogP contribution in [0.4, 0.5) is 15.8 Å². The number of carbonyl (C=O) groups is 2. The zero-order valence-electron chi connectivity index (χ0n) is 21.5. The van der Waals surface area contributed by atoms with Crippen molar-refractivity contribution >= 4 is 34.2 Å². The fourth-order valence-corrected chi connectivity index (χ4v) is 4.78. The van der Waals surface area contributed by atoms with Gasteiger partial charge in [-0.15, -0.1) is 0 Å². The second kappa shape index (κ2) is 9.76. The molecule has 37 heavy (non-hydrogen) atoms. The van der Waals surface area contributed by atoms with Crippen LogP contribution in [0.15, 0.2) is 54.7 Å². The Bertz CT molecular complexity index is 1490. The normalized spacial score (nSPS) is 13.3. The molecule has 1 aliphatic heterocycles. The molecule has 0 fully saturated rings. The first kappa shape index (κ1) is 24.6. The van der Waals surface area contributed by atoms with E-state index >= 15 is 0 Å². The maximum Gasteiger partial charge on any atom is 0.259 e. The number of aromatic nitrogens is 3. The minimum atomic E-state index is -0.396. The molecule has 0 radical (unpaired) electrons. The number of nitrogens with zero attached hydrogens (tertiary/aromatic N) is 4. The smallest absolute Gasteiger partial charge is 0.259 e. The van der Waals surface area contributed by atoms with Gasteiger partial charge in [0.25, 0.3) is 11.8 Å². The molecule has 2 amide bonds. The van der Waals surface area contributed by atoms with Crippen molar-refractivity contribution in [2.75, 3.05) is 16.8 Å². The molecule has 0 saturated heterocycles. The van der Waals surface area contributed by atoms with Gasteiger partial charge < -0.3 is 10.2 Å². The van der Waals surface area contributed by atoms with Gasteiger partial charge in [0.1, 0.15) is 5.82 Å². The Morgan fingerprint density at radius 1 is 1.05 bits per heavy atom. The van der Waals surface area contributed by atoms with Gasteiger partial charge in [0, 0.05) is 35.2 Å². The van der Waals surface area contributed by atoms with Crippen molar-refractivity contribution < 1.29 is 14.0 Å². The van der Waals surface area contributed by atoms with Crippen LogP contribution in [-0.4, -0.2) is 33.1 Å². The quantitative estimate of drug-likeness (QED) is 0.359. The first-order valence-corrected chi connectivity index (χ1v) is 12.6. The maximum absolute atomic E-state index is 14.1. The number of rotatable bonds is 5. The maximum atomic E-state index is 14.1. The highest BCUT2D eigenvalue weighted by Gasteiger charge is 2.28. The van der Waals surface area contributed by atoms with E-state index in [1.165, 1.54) is 24.3 Å². The summed E-state index contributed by atoms with van der Waals surface area (Å²) in [4.78, 5) is 33.5. The summed E-state index contributed by atoms with van der Waals surface area (Å²) < 4.78 is 15.1. The lowest BCUT2D eigenvalue weighted by atomic mass is 9.97. The topological polar surface area (TPSA) is 80.1 Å². The summed E-state index contributed by atoms with van der Waals surface area (Å²) in [6.07, 6.45) is 3.22. The molecule has 1 N–H and O–H groups in total. The Morgan fingerprint density at radius 2 is 1.81 bits per heavy atom. The predicted molar refractivity (Wildman–Crippen MR) is 143 cm³/mol. The molecule has 2 aromatic heterocycles. The SMILES string of the molecule is CC(C)c1cc(C(=O)N2CCCc3c(NC(=O)c4ccc(F)cc4)cccc32)c2cnn(C(C)C)c2n1. The van der Waals surface area contributed by atoms with E-state index in [-0.39, 0.29) is 23.8 Å². The molecule has 0 atom stereocenters. The van der Waals surface area contributed by atoms with Gasteiger partial charge in [-0.25, -0.2) is 14.1 Å². The van der Waals surface area contributed by atoms with Crippen molar-refractivity contribution in [1.82, 2.24) is 14.8 Å². The van der Waals surface area contributed by atoms with Gasteiger partial charge >= 0.3 is 0 Å². The van der Waals surface area contributed by atoms with E-state index in [0.29, 0.717) is 29.0 Å². The zero-order valence-corrected chi connectivity index (χ0v) is 21.5. The van der Waals surface area contributed by atoms with Crippen LogP contribution < -0.4 is 10.2 Å². The molecule has 3 heterocycles. The number of anilines is 2. The standard InChI is InChI=1S/C29H30FN5O2/c1-17(2)25-15-22(23-16-31-35(18(3)4)27(23)32-25)29(37)34-14-6-7-21-24(8-5-9-26(21)34)33-28(36)19-10-12-20(30)13-11-19/h5,8-13,15-18H,6-7,14H2,1-4H3,(H,33,36). The lowest BCUT2D eigenvalue weighted by Crippen LogP contribution is -2.36. The average molecular weight is 500 g/mol. The average Bonchev–Trinajstić information content (AvgIpc) is 3.32. The Balaban J connectivity index is 1.53. The third-order valence-electron chi connectivity index (χ3n) is 6.75. The fourth-order valence-electron chi connectivity index (χ4n) is 4.78. The molecule has 0 spiro atoms. The summed E-state index contributed by atoms with van der Waals surface area (Å²) in [7, 11) is 0. The minimum Gasteiger partial charge on any atom is -0.322 e. The first-order valence-electron chi connectivity index (χ1n) is 12.6. The van der Waals surface area contributed by atoms with Crippen LogP contribution in [-0.2, 0) is 6.42 Å². The predicted octanol–water partition coefficient (Wildman–Crippen LogP) is 6.12. The number of halogens is 1. The Hall–Kier alpha value is -4.07. The number of amides is 2. The van der Waals surface area contributed by atoms with E-state index in [1.54, 1.807) is 11.1 Å². The number of hydrogen-bond donors (Lipinski definition) is 1. The van der Waals surface area contributed by atoms with E-state index in [1.807, 2.05) is 42.8 Å². The lowest BCUT2D eigenvalue weighted by Gasteiger charge is -2.31. The summed E-state index contributed by atoms with van der Waals surface area (Å²) >= 11 is 0. The number of benzene rings is 2. The number of nitrogens with one attached hydrogen (secondary N) is 1. The van der Waals surface area contributed by atoms with Crippen LogP contribution in [0.3, 0.4) is 0 Å². The largest absolute Gasteiger partial charge is 0.322 e. The number of fused-ring (bicyclic) bond motifs is 2. The number of pyridine rings is 1. The molecule has 2 aromatic carbocycles. The third-order valence-corrected chi connectivity index (χ3v) is 6.75. The van der Waals surface area contributed by atoms with Crippen molar-refractivity contribution in [2.24, 2.45) is 0 Å². The van der Waals surface area contributed by atoms with Crippen LogP contribution in [0, 0.1) is 5.82 Å². The Kier molecular flexibility index (Phi) is 6.50. The number of carbonyl (C=O) groups excluding carboxylic acids is 2. The van der Waals surface area contributed by atoms with Gasteiger partial charge in [-0.05, 0) is 80.6 Å². The summed E-state index contributed by atoms with van der Waals surface area (Å²) in [5.74, 6) is -0.683. The summed E-state index contributed by atoms with van der Waals surface area (Å²) in [5, 5.41) is 8.21. The lowest BCUT2D eigenvalue weighted by molar-refractivity contribution is 0.0985. The van der Waals surface area contributed by atoms with Crippen LogP contribution in [0.2, 0.25) is 0 Å². The molecule has 0 aliphatic carbocycles. The van der Waals surface area contributed by atoms with Gasteiger partial charge in [0.05, 0.1) is 17.1 Å². The summed E-state index contributed by atoms with van der Waals surface area (Å²) in [6.45, 7) is 8.77. The van der Waals surface area contributed by atoms with Gasteiger partial charge in [-0.3, -0.25) is 9.59 Å². The third kappa shape index (κ3) is 4.59. The molecule has 0 bridgehead atoms. The molecule has 0 unspecified atom stereocenters. The van der Waals surface area contributed by atoms with Crippen molar-refractivity contribution in [1.29, 1.82) is 0 Å². The van der Waals surface area contributed by atoms with Crippen molar-refractivity contribution in [3.63, 3.8) is 0 Å². The second-order valence-corrected chi connectivity index (χ2v) is 9.99. The van der Waals surface area contributed by atoms with E-state index in [0.717, 1.165) is 35.2 Å². The molecule has 0 saturated carbocycles. The van der Waals surface area contributed by atoms with Gasteiger partial charge in [0.2, 0.25) is 0 Å². The van der Waals surface area contributed by atoms with Gasteiger partial charge in [0.15, 0.2) is 5.65 Å². The molecule has 5 rings (SSSR count). The zero-order chi connectivity index (χ0) is 26.3. The fraction of sp³-hybridized carbons (Fsp3) is 0.310. The second-order valence-electron chi connectivity index (χ2n) is 9.99. The Morgan fingerprint density at radius 3 is 2.51 bits per heavy atom. The minimum absolute atomic E-state index is 0.110. The molecule has 1 aliphatic rings. The van der Waals surface area contributed by atoms with E-state index in [9.17, 15) is 14.0 Å². The molecule has 8 heteroatoms. The molecular formula is C29H30FN5O2. The van der Waals surface area contributed by atoms with Crippen LogP contribution >= 0.6 is 0 Å². The molecule has 4 aromatic rings. The van der Waals surface area contributed by atoms with Crippen LogP contribution in [0.5, 0.6) is 0 Å². The van der Waals surface area contributed by atoms with Gasteiger partial charge in [-0.2, -0.15) is 5.10 Å². The monoisotopic (exact) mass is 499 g/mol. The summed E-state index contributed by atoms with van der Waals surface area (Å²) in [5.41, 5.74) is 4.84. The highest BCUT2D eigenvalue weighted by atomic mass is 19.1. The highest BCUT2D eigenvalue weighted by Crippen LogP contribution is 2.35. The molecule has 7 nitrogen and oxygen atoms in total. The summed E-state index contributed by atoms with van der Waals surface area (Å²) in [6, 6.07) is 13.0. The highest BCUT2D eigenvalue weighted by molar-refractivity contribution is 6.14. The van der Waals surface area contributed by atoms with Crippen molar-refractivity contribution in [3.8, 4) is 0 Å². The van der Waals surface area contributed by atoms with E-state index < -0.39 is 5.82 Å².